The minimum atomic E-state index is -0.828. The lowest BCUT2D eigenvalue weighted by Crippen LogP contribution is -2.39. The molecule has 0 radical (unpaired) electrons. The number of methoxy groups -OCH3 is 1. The first-order chi connectivity index (χ1) is 8.74. The van der Waals surface area contributed by atoms with Gasteiger partial charge in [-0.3, -0.25) is 14.6 Å². The Labute approximate surface area is 104 Å². The number of nitrogens with zero attached hydrogens (tertiary/aromatic N) is 2. The lowest BCUT2D eigenvalue weighted by molar-refractivity contribution is -0.139. The number of hydrazone groups is 1. The molecule has 0 bridgehead atoms. The SMILES string of the molecule is COCCNC(=O)C(=O)N/N=C\c1cccnc1. The van der Waals surface area contributed by atoms with Crippen LogP contribution in [0.5, 0.6) is 0 Å². The third kappa shape index (κ3) is 5.17. The normalized spacial score (nSPS) is 10.3. The monoisotopic (exact) mass is 250 g/mol. The van der Waals surface area contributed by atoms with E-state index in [0.717, 1.165) is 5.56 Å². The molecule has 0 fully saturated rings. The van der Waals surface area contributed by atoms with Crippen LogP contribution in [0.15, 0.2) is 29.6 Å². The fourth-order valence-corrected chi connectivity index (χ4v) is 1.02. The van der Waals surface area contributed by atoms with Crippen molar-refractivity contribution in [3.63, 3.8) is 0 Å². The van der Waals surface area contributed by atoms with Crippen molar-refractivity contribution in [1.29, 1.82) is 0 Å². The second-order valence-corrected chi connectivity index (χ2v) is 3.23. The quantitative estimate of drug-likeness (QED) is 0.312. The van der Waals surface area contributed by atoms with Gasteiger partial charge in [-0.15, -0.1) is 0 Å². The summed E-state index contributed by atoms with van der Waals surface area (Å²) in [6.45, 7) is 0.618. The van der Waals surface area contributed by atoms with Crippen molar-refractivity contribution in [3.8, 4) is 0 Å². The van der Waals surface area contributed by atoms with Crippen LogP contribution in [0, 0.1) is 0 Å². The van der Waals surface area contributed by atoms with Crippen LogP contribution in [-0.2, 0) is 14.3 Å². The first-order valence-electron chi connectivity index (χ1n) is 5.24. The number of hydrogen-bond acceptors (Lipinski definition) is 5. The number of hydrogen-bond donors (Lipinski definition) is 2. The predicted octanol–water partition coefficient (Wildman–Crippen LogP) is -0.706. The van der Waals surface area contributed by atoms with Gasteiger partial charge in [0.15, 0.2) is 0 Å². The van der Waals surface area contributed by atoms with E-state index >= 15 is 0 Å². The number of amides is 2. The van der Waals surface area contributed by atoms with Crippen molar-refractivity contribution >= 4 is 18.0 Å². The summed E-state index contributed by atoms with van der Waals surface area (Å²) in [4.78, 5) is 26.3. The maximum atomic E-state index is 11.2. The molecule has 1 aromatic heterocycles. The third-order valence-electron chi connectivity index (χ3n) is 1.86. The Kier molecular flexibility index (Phi) is 6.05. The molecule has 7 heteroatoms. The van der Waals surface area contributed by atoms with Crippen LogP contribution in [0.2, 0.25) is 0 Å². The number of carbonyl (C=O) groups excluding carboxylic acids is 2. The molecule has 0 aromatic carbocycles. The Morgan fingerprint density at radius 1 is 1.50 bits per heavy atom. The minimum Gasteiger partial charge on any atom is -0.383 e. The molecule has 18 heavy (non-hydrogen) atoms. The van der Waals surface area contributed by atoms with Crippen LogP contribution in [0.3, 0.4) is 0 Å². The zero-order valence-electron chi connectivity index (χ0n) is 9.92. The standard InChI is InChI=1S/C11H14N4O3/c1-18-6-5-13-10(16)11(17)15-14-8-9-3-2-4-12-7-9/h2-4,7-8H,5-6H2,1H3,(H,13,16)(H,15,17)/b14-8-. The number of aromatic nitrogens is 1. The molecule has 0 saturated carbocycles. The molecule has 0 saturated heterocycles. The average Bonchev–Trinajstić information content (AvgIpc) is 2.40. The molecule has 1 heterocycles. The molecular formula is C11H14N4O3. The highest BCUT2D eigenvalue weighted by molar-refractivity contribution is 6.35. The number of carbonyl (C=O) groups is 2. The van der Waals surface area contributed by atoms with Crippen LogP contribution in [0.1, 0.15) is 5.56 Å². The van der Waals surface area contributed by atoms with E-state index in [1.165, 1.54) is 13.3 Å². The maximum absolute atomic E-state index is 11.2. The number of pyridine rings is 1. The van der Waals surface area contributed by atoms with Gasteiger partial charge in [-0.1, -0.05) is 6.07 Å². The summed E-state index contributed by atoms with van der Waals surface area (Å²) in [5.41, 5.74) is 2.83. The van der Waals surface area contributed by atoms with Crippen molar-refractivity contribution < 1.29 is 14.3 Å². The zero-order valence-corrected chi connectivity index (χ0v) is 9.92. The van der Waals surface area contributed by atoms with Gasteiger partial charge in [0.1, 0.15) is 0 Å². The van der Waals surface area contributed by atoms with Gasteiger partial charge < -0.3 is 10.1 Å². The van der Waals surface area contributed by atoms with E-state index < -0.39 is 11.8 Å². The lowest BCUT2D eigenvalue weighted by atomic mass is 10.3. The molecule has 7 nitrogen and oxygen atoms in total. The van der Waals surface area contributed by atoms with E-state index in [2.05, 4.69) is 20.8 Å². The Bertz CT molecular complexity index is 420. The van der Waals surface area contributed by atoms with E-state index in [-0.39, 0.29) is 6.54 Å². The second kappa shape index (κ2) is 7.91. The molecular weight excluding hydrogens is 236 g/mol. The van der Waals surface area contributed by atoms with Crippen LogP contribution in [-0.4, -0.2) is 43.3 Å². The van der Waals surface area contributed by atoms with E-state index in [1.807, 2.05) is 0 Å². The molecule has 2 N–H and O–H groups in total. The van der Waals surface area contributed by atoms with Gasteiger partial charge in [-0.2, -0.15) is 5.10 Å². The van der Waals surface area contributed by atoms with Crippen molar-refractivity contribution in [1.82, 2.24) is 15.7 Å². The van der Waals surface area contributed by atoms with Crippen LogP contribution in [0.4, 0.5) is 0 Å². The molecule has 0 atom stereocenters. The molecule has 1 rings (SSSR count). The van der Waals surface area contributed by atoms with Crippen LogP contribution >= 0.6 is 0 Å². The summed E-state index contributed by atoms with van der Waals surface area (Å²) in [5.74, 6) is -1.58. The fraction of sp³-hybridized carbons (Fsp3) is 0.273. The van der Waals surface area contributed by atoms with E-state index in [0.29, 0.717) is 6.61 Å². The molecule has 0 aliphatic heterocycles. The average molecular weight is 250 g/mol. The summed E-state index contributed by atoms with van der Waals surface area (Å²) >= 11 is 0. The Balaban J connectivity index is 2.32. The van der Waals surface area contributed by atoms with Gasteiger partial charge in [0.25, 0.3) is 0 Å². The highest BCUT2D eigenvalue weighted by atomic mass is 16.5. The van der Waals surface area contributed by atoms with Gasteiger partial charge >= 0.3 is 11.8 Å². The summed E-state index contributed by atoms with van der Waals surface area (Å²) in [7, 11) is 1.50. The van der Waals surface area contributed by atoms with Crippen LogP contribution < -0.4 is 10.7 Å². The Hall–Kier alpha value is -2.28. The third-order valence-corrected chi connectivity index (χ3v) is 1.86. The van der Waals surface area contributed by atoms with E-state index in [9.17, 15) is 9.59 Å². The first-order valence-corrected chi connectivity index (χ1v) is 5.24. The van der Waals surface area contributed by atoms with Crippen LogP contribution in [0.25, 0.3) is 0 Å². The molecule has 0 aliphatic carbocycles. The first kappa shape index (κ1) is 13.8. The number of nitrogens with one attached hydrogen (secondary N) is 2. The molecule has 0 spiro atoms. The summed E-state index contributed by atoms with van der Waals surface area (Å²) in [5, 5.41) is 6.00. The Morgan fingerprint density at radius 3 is 3.00 bits per heavy atom. The topological polar surface area (TPSA) is 92.7 Å². The molecule has 2 amide bonds. The highest BCUT2D eigenvalue weighted by Gasteiger charge is 2.10. The predicted molar refractivity (Wildman–Crippen MR) is 64.9 cm³/mol. The second-order valence-electron chi connectivity index (χ2n) is 3.23. The number of rotatable bonds is 5. The van der Waals surface area contributed by atoms with Gasteiger partial charge in [0, 0.05) is 31.6 Å². The largest absolute Gasteiger partial charge is 0.383 e. The fourth-order valence-electron chi connectivity index (χ4n) is 1.02. The highest BCUT2D eigenvalue weighted by Crippen LogP contribution is 1.89. The van der Waals surface area contributed by atoms with Gasteiger partial charge in [-0.05, 0) is 6.07 Å². The molecule has 96 valence electrons. The van der Waals surface area contributed by atoms with E-state index in [4.69, 9.17) is 4.74 Å². The lowest BCUT2D eigenvalue weighted by Gasteiger charge is -2.02. The smallest absolute Gasteiger partial charge is 0.329 e. The van der Waals surface area contributed by atoms with Gasteiger partial charge in [-0.25, -0.2) is 5.43 Å². The summed E-state index contributed by atoms with van der Waals surface area (Å²) < 4.78 is 4.73. The van der Waals surface area contributed by atoms with Crippen molar-refractivity contribution in [2.24, 2.45) is 5.10 Å². The van der Waals surface area contributed by atoms with Gasteiger partial charge in [0.05, 0.1) is 12.8 Å². The van der Waals surface area contributed by atoms with Crippen molar-refractivity contribution in [2.75, 3.05) is 20.3 Å². The number of ether oxygens (including phenoxy) is 1. The molecule has 0 aliphatic rings. The summed E-state index contributed by atoms with van der Waals surface area (Å²) in [6, 6.07) is 3.50. The van der Waals surface area contributed by atoms with E-state index in [1.54, 1.807) is 24.5 Å². The maximum Gasteiger partial charge on any atom is 0.329 e. The molecule has 0 unspecified atom stereocenters. The zero-order chi connectivity index (χ0) is 13.2. The minimum absolute atomic E-state index is 0.273. The molecule has 1 aromatic rings. The Morgan fingerprint density at radius 2 is 2.33 bits per heavy atom. The van der Waals surface area contributed by atoms with Gasteiger partial charge in [0.2, 0.25) is 0 Å². The van der Waals surface area contributed by atoms with Crippen molar-refractivity contribution in [3.05, 3.63) is 30.1 Å². The summed E-state index contributed by atoms with van der Waals surface area (Å²) in [6.07, 6.45) is 4.60. The van der Waals surface area contributed by atoms with Crippen molar-refractivity contribution in [2.45, 2.75) is 0 Å².